The lowest BCUT2D eigenvalue weighted by atomic mass is 9.81. The summed E-state index contributed by atoms with van der Waals surface area (Å²) in [6, 6.07) is 49.0. The average molecular weight is 511 g/mol. The third kappa shape index (κ3) is 2.88. The smallest absolute Gasteiger partial charge is 0.0782 e. The first-order chi connectivity index (χ1) is 19.9. The van der Waals surface area contributed by atoms with Gasteiger partial charge in [0.25, 0.3) is 0 Å². The van der Waals surface area contributed by atoms with E-state index in [-0.39, 0.29) is 12.0 Å². The number of para-hydroxylation sites is 2. The predicted molar refractivity (Wildman–Crippen MR) is 168 cm³/mol. The molecule has 7 aromatic rings. The van der Waals surface area contributed by atoms with Crippen molar-refractivity contribution >= 4 is 50.0 Å². The van der Waals surface area contributed by atoms with Gasteiger partial charge < -0.3 is 9.47 Å². The van der Waals surface area contributed by atoms with Gasteiger partial charge in [0.2, 0.25) is 0 Å². The Hall–Kier alpha value is -5.08. The highest BCUT2D eigenvalue weighted by Gasteiger charge is 2.43. The molecule has 0 bridgehead atoms. The van der Waals surface area contributed by atoms with Crippen molar-refractivity contribution in [1.82, 2.24) is 4.57 Å². The predicted octanol–water partition coefficient (Wildman–Crippen LogP) is 9.62. The number of fused-ring (bicyclic) bond motifs is 11. The maximum absolute atomic E-state index is 2.59. The quantitative estimate of drug-likeness (QED) is 0.225. The van der Waals surface area contributed by atoms with E-state index in [9.17, 15) is 0 Å². The first kappa shape index (κ1) is 21.8. The van der Waals surface area contributed by atoms with Crippen LogP contribution >= 0.6 is 0 Å². The van der Waals surface area contributed by atoms with Crippen LogP contribution in [0.4, 0.5) is 11.4 Å². The molecule has 0 radical (unpaired) electrons. The van der Waals surface area contributed by atoms with E-state index in [0.717, 1.165) is 0 Å². The van der Waals surface area contributed by atoms with E-state index in [4.69, 9.17) is 0 Å². The molecular weight excluding hydrogens is 484 g/mol. The van der Waals surface area contributed by atoms with Crippen LogP contribution in [0.3, 0.4) is 0 Å². The molecule has 2 atom stereocenters. The fourth-order valence-electron chi connectivity index (χ4n) is 7.29. The molecule has 6 aromatic carbocycles. The zero-order valence-electron chi connectivity index (χ0n) is 21.9. The second-order valence-corrected chi connectivity index (χ2v) is 10.9. The summed E-state index contributed by atoms with van der Waals surface area (Å²) in [5, 5.41) is 5.18. The molecule has 2 heteroatoms. The largest absolute Gasteiger partial charge is 0.332 e. The number of rotatable bonds is 2. The molecule has 0 saturated carbocycles. The van der Waals surface area contributed by atoms with Crippen LogP contribution in [0.15, 0.2) is 140 Å². The minimum Gasteiger partial charge on any atom is -0.332 e. The fourth-order valence-corrected chi connectivity index (χ4v) is 7.29. The van der Waals surface area contributed by atoms with E-state index in [2.05, 4.69) is 155 Å². The Balaban J connectivity index is 1.48. The third-order valence-corrected chi connectivity index (χ3v) is 8.89. The third-order valence-electron chi connectivity index (χ3n) is 8.89. The van der Waals surface area contributed by atoms with Gasteiger partial charge in [0.15, 0.2) is 0 Å². The van der Waals surface area contributed by atoms with Crippen molar-refractivity contribution in [3.8, 4) is 5.69 Å². The van der Waals surface area contributed by atoms with Crippen LogP contribution in [0, 0.1) is 0 Å². The summed E-state index contributed by atoms with van der Waals surface area (Å²) >= 11 is 0. The number of aromatic nitrogens is 1. The number of anilines is 2. The van der Waals surface area contributed by atoms with Gasteiger partial charge in [0, 0.05) is 28.1 Å². The maximum Gasteiger partial charge on any atom is 0.0782 e. The van der Waals surface area contributed by atoms with Crippen LogP contribution in [-0.4, -0.2) is 10.6 Å². The lowest BCUT2D eigenvalue weighted by Gasteiger charge is -2.31. The fraction of sp³-hybridized carbons (Fsp3) is 0.0526. The molecule has 2 heterocycles. The molecule has 2 unspecified atom stereocenters. The van der Waals surface area contributed by atoms with Crippen LogP contribution in [-0.2, 0) is 0 Å². The maximum atomic E-state index is 2.59. The van der Waals surface area contributed by atoms with E-state index >= 15 is 0 Å². The average Bonchev–Trinajstić information content (AvgIpc) is 3.55. The van der Waals surface area contributed by atoms with Crippen LogP contribution in [0.25, 0.3) is 44.3 Å². The number of benzene rings is 6. The lowest BCUT2D eigenvalue weighted by molar-refractivity contribution is 0.725. The highest BCUT2D eigenvalue weighted by molar-refractivity contribution is 6.24. The monoisotopic (exact) mass is 510 g/mol. The van der Waals surface area contributed by atoms with Gasteiger partial charge in [-0.1, -0.05) is 115 Å². The van der Waals surface area contributed by atoms with E-state index in [1.165, 1.54) is 66.3 Å². The molecule has 2 aliphatic rings. The Morgan fingerprint density at radius 3 is 2.10 bits per heavy atom. The topological polar surface area (TPSA) is 8.17 Å². The Bertz CT molecular complexity index is 2120. The molecule has 0 amide bonds. The lowest BCUT2D eigenvalue weighted by Crippen LogP contribution is -2.30. The molecule has 1 aliphatic carbocycles. The van der Waals surface area contributed by atoms with Crippen LogP contribution < -0.4 is 4.90 Å². The Morgan fingerprint density at radius 1 is 0.525 bits per heavy atom. The Morgan fingerprint density at radius 2 is 1.25 bits per heavy atom. The summed E-state index contributed by atoms with van der Waals surface area (Å²) in [6.07, 6.45) is 4.73. The number of hydrogen-bond acceptors (Lipinski definition) is 1. The summed E-state index contributed by atoms with van der Waals surface area (Å²) in [4.78, 5) is 2.59. The molecule has 2 nitrogen and oxygen atoms in total. The number of nitrogens with zero attached hydrogens (tertiary/aromatic N) is 2. The summed E-state index contributed by atoms with van der Waals surface area (Å²) in [5.74, 6) is 0.264. The Kier molecular flexibility index (Phi) is 4.48. The van der Waals surface area contributed by atoms with Crippen LogP contribution in [0.1, 0.15) is 22.6 Å². The van der Waals surface area contributed by atoms with Gasteiger partial charge in [-0.05, 0) is 57.8 Å². The van der Waals surface area contributed by atoms with Crippen LogP contribution in [0.5, 0.6) is 0 Å². The summed E-state index contributed by atoms with van der Waals surface area (Å²) in [6.45, 7) is 0. The molecule has 1 aromatic heterocycles. The van der Waals surface area contributed by atoms with E-state index in [1.807, 2.05) is 0 Å². The standard InChI is InChI=1S/C38H26N2/c1-3-13-27(14-4-1)39-33-23-19-25-11-7-9-17-29(25)35(33)31-21-22-32-36-30-18-10-8-12-26(30)20-24-34(36)40(38(32)37(31)39)28-15-5-2-6-16-28/h1-24,33,35H. The van der Waals surface area contributed by atoms with E-state index in [1.54, 1.807) is 0 Å². The van der Waals surface area contributed by atoms with Gasteiger partial charge >= 0.3 is 0 Å². The molecule has 40 heavy (non-hydrogen) atoms. The molecule has 0 saturated heterocycles. The van der Waals surface area contributed by atoms with Crippen molar-refractivity contribution in [2.45, 2.75) is 12.0 Å². The minimum atomic E-state index is 0.205. The van der Waals surface area contributed by atoms with Crippen molar-refractivity contribution in [1.29, 1.82) is 0 Å². The van der Waals surface area contributed by atoms with Crippen molar-refractivity contribution in [2.24, 2.45) is 0 Å². The Labute approximate surface area is 233 Å². The second kappa shape index (κ2) is 8.21. The van der Waals surface area contributed by atoms with Gasteiger partial charge in [-0.25, -0.2) is 0 Å². The second-order valence-electron chi connectivity index (χ2n) is 10.9. The SMILES string of the molecule is C1=CC2C(c3ccccc31)c1ccc3c4c5ccccc5ccc4n(-c4ccccc4)c3c1N2c1ccccc1. The van der Waals surface area contributed by atoms with Gasteiger partial charge in [-0.3, -0.25) is 0 Å². The minimum absolute atomic E-state index is 0.205. The zero-order chi connectivity index (χ0) is 26.2. The number of hydrogen-bond donors (Lipinski definition) is 0. The zero-order valence-corrected chi connectivity index (χ0v) is 21.9. The first-order valence-electron chi connectivity index (χ1n) is 14.0. The summed E-state index contributed by atoms with van der Waals surface area (Å²) < 4.78 is 2.50. The summed E-state index contributed by atoms with van der Waals surface area (Å²) in [7, 11) is 0. The van der Waals surface area contributed by atoms with Crippen molar-refractivity contribution < 1.29 is 0 Å². The molecule has 0 N–H and O–H groups in total. The highest BCUT2D eigenvalue weighted by Crippen LogP contribution is 2.55. The van der Waals surface area contributed by atoms with Gasteiger partial charge in [0.1, 0.15) is 0 Å². The van der Waals surface area contributed by atoms with Gasteiger partial charge in [-0.2, -0.15) is 0 Å². The van der Waals surface area contributed by atoms with Crippen molar-refractivity contribution in [3.05, 3.63) is 156 Å². The van der Waals surface area contributed by atoms with Crippen molar-refractivity contribution in [2.75, 3.05) is 4.90 Å². The van der Waals surface area contributed by atoms with Crippen molar-refractivity contribution in [3.63, 3.8) is 0 Å². The normalized spacial score (nSPS) is 17.4. The van der Waals surface area contributed by atoms with Gasteiger partial charge in [-0.15, -0.1) is 0 Å². The summed E-state index contributed by atoms with van der Waals surface area (Å²) in [5.41, 5.74) is 10.4. The first-order valence-corrected chi connectivity index (χ1v) is 14.0. The molecule has 9 rings (SSSR count). The molecule has 1 aliphatic heterocycles. The molecular formula is C38H26N2. The molecule has 188 valence electrons. The molecule has 0 fully saturated rings. The van der Waals surface area contributed by atoms with E-state index in [0.29, 0.717) is 0 Å². The van der Waals surface area contributed by atoms with E-state index < -0.39 is 0 Å². The molecule has 0 spiro atoms. The highest BCUT2D eigenvalue weighted by atomic mass is 15.2. The van der Waals surface area contributed by atoms with Gasteiger partial charge in [0.05, 0.1) is 22.8 Å². The van der Waals surface area contributed by atoms with Crippen LogP contribution in [0.2, 0.25) is 0 Å².